The number of aliphatic hydroxyl groups is 2. The molecule has 0 radical (unpaired) electrons. The maximum Gasteiger partial charge on any atom is 0.131 e. The molecular formula is C52H58F2O6. The van der Waals surface area contributed by atoms with Crippen LogP contribution in [-0.4, -0.2) is 47.9 Å². The highest BCUT2D eigenvalue weighted by atomic mass is 19.1. The number of ether oxygens (including phenoxy) is 2. The van der Waals surface area contributed by atoms with Crippen LogP contribution in [0, 0.1) is 11.6 Å². The first-order chi connectivity index (χ1) is 29.1. The van der Waals surface area contributed by atoms with Crippen molar-refractivity contribution in [3.8, 4) is 67.5 Å². The van der Waals surface area contributed by atoms with E-state index >= 15 is 4.39 Å². The zero-order chi connectivity index (χ0) is 43.0. The highest BCUT2D eigenvalue weighted by molar-refractivity contribution is 5.78. The molecule has 316 valence electrons. The second-order valence-electron chi connectivity index (χ2n) is 15.0. The van der Waals surface area contributed by atoms with Crippen LogP contribution in [0.4, 0.5) is 8.78 Å². The number of phenolic OH excluding ortho intramolecular Hbond substituents is 2. The van der Waals surface area contributed by atoms with Crippen molar-refractivity contribution in [3.63, 3.8) is 0 Å². The fraction of sp³-hybridized carbons (Fsp3) is 0.308. The molecule has 60 heavy (non-hydrogen) atoms. The summed E-state index contributed by atoms with van der Waals surface area (Å²) in [6, 6.07) is 33.0. The van der Waals surface area contributed by atoms with Gasteiger partial charge in [-0.05, 0) is 114 Å². The normalized spacial score (nSPS) is 10.9. The summed E-state index contributed by atoms with van der Waals surface area (Å²) in [5.41, 5.74) is 8.86. The molecule has 0 aliphatic carbocycles. The van der Waals surface area contributed by atoms with Crippen molar-refractivity contribution in [1.29, 1.82) is 0 Å². The van der Waals surface area contributed by atoms with Gasteiger partial charge in [0.05, 0.1) is 14.2 Å². The lowest BCUT2D eigenvalue weighted by molar-refractivity contribution is 0.296. The van der Waals surface area contributed by atoms with Gasteiger partial charge >= 0.3 is 0 Å². The van der Waals surface area contributed by atoms with Crippen LogP contribution in [0.15, 0.2) is 109 Å². The van der Waals surface area contributed by atoms with E-state index in [0.717, 1.165) is 40.7 Å². The van der Waals surface area contributed by atoms with E-state index in [2.05, 4.69) is 50.2 Å². The van der Waals surface area contributed by atoms with Gasteiger partial charge in [0.1, 0.15) is 34.6 Å². The minimum atomic E-state index is -0.473. The minimum absolute atomic E-state index is 0.000682. The second kappa shape index (κ2) is 22.6. The van der Waals surface area contributed by atoms with Crippen LogP contribution in [0.2, 0.25) is 0 Å². The fourth-order valence-electron chi connectivity index (χ4n) is 7.36. The van der Waals surface area contributed by atoms with Crippen LogP contribution in [-0.2, 0) is 25.7 Å². The standard InChI is InChI=1S/C27H31FO3.C25H27FO3/c1-4-5-6-7-19-8-10-20(11-9-19)21-12-13-23(25(28)16-21)24-18-26(30-2)22(14-15-29)17-27(24)31-3;1-2-3-4-5-17-6-8-18(9-7-17)19-10-11-21(23(26)14-19)22-16-24(28)20(12-13-27)15-25(22)29/h8-13,16-18,29H,4-7,14-15H2,1-3H3;6-11,14-16,27-29H,2-5,12-13H2,1H3. The van der Waals surface area contributed by atoms with Crippen LogP contribution in [0.1, 0.15) is 74.6 Å². The molecule has 0 aliphatic rings. The van der Waals surface area contributed by atoms with Crippen molar-refractivity contribution in [2.24, 2.45) is 0 Å². The van der Waals surface area contributed by atoms with Crippen molar-refractivity contribution in [3.05, 3.63) is 143 Å². The highest BCUT2D eigenvalue weighted by Gasteiger charge is 2.17. The molecule has 6 aromatic carbocycles. The summed E-state index contributed by atoms with van der Waals surface area (Å²) in [7, 11) is 3.13. The number of halogens is 2. The van der Waals surface area contributed by atoms with E-state index in [4.69, 9.17) is 14.6 Å². The Kier molecular flexibility index (Phi) is 17.1. The third-order valence-corrected chi connectivity index (χ3v) is 10.8. The molecule has 6 nitrogen and oxygen atoms in total. The summed E-state index contributed by atoms with van der Waals surface area (Å²) in [5.74, 6) is 0.154. The lowest BCUT2D eigenvalue weighted by atomic mass is 9.96. The van der Waals surface area contributed by atoms with Gasteiger partial charge in [-0.2, -0.15) is 0 Å². The van der Waals surface area contributed by atoms with Crippen LogP contribution in [0.5, 0.6) is 23.0 Å². The summed E-state index contributed by atoms with van der Waals surface area (Å²) in [4.78, 5) is 0. The van der Waals surface area contributed by atoms with Crippen LogP contribution in [0.3, 0.4) is 0 Å². The van der Waals surface area contributed by atoms with E-state index in [9.17, 15) is 19.7 Å². The van der Waals surface area contributed by atoms with Gasteiger partial charge in [-0.3, -0.25) is 0 Å². The van der Waals surface area contributed by atoms with Crippen molar-refractivity contribution in [1.82, 2.24) is 0 Å². The Morgan fingerprint density at radius 1 is 0.433 bits per heavy atom. The minimum Gasteiger partial charge on any atom is -0.508 e. The number of unbranched alkanes of at least 4 members (excludes halogenated alkanes) is 4. The maximum atomic E-state index is 15.2. The van der Waals surface area contributed by atoms with Gasteiger partial charge in [0.25, 0.3) is 0 Å². The van der Waals surface area contributed by atoms with Crippen molar-refractivity contribution < 1.29 is 38.7 Å². The Morgan fingerprint density at radius 2 is 0.900 bits per heavy atom. The molecule has 6 rings (SSSR count). The molecule has 0 bridgehead atoms. The Morgan fingerprint density at radius 3 is 1.35 bits per heavy atom. The van der Waals surface area contributed by atoms with E-state index in [0.29, 0.717) is 34.6 Å². The lowest BCUT2D eigenvalue weighted by Gasteiger charge is -2.16. The largest absolute Gasteiger partial charge is 0.508 e. The summed E-state index contributed by atoms with van der Waals surface area (Å²) >= 11 is 0. The van der Waals surface area contributed by atoms with Crippen molar-refractivity contribution in [2.45, 2.75) is 78.1 Å². The fourth-order valence-corrected chi connectivity index (χ4v) is 7.36. The number of phenols is 2. The molecule has 0 fully saturated rings. The second-order valence-corrected chi connectivity index (χ2v) is 15.0. The lowest BCUT2D eigenvalue weighted by Crippen LogP contribution is -1.99. The number of aromatic hydroxyl groups is 2. The number of hydrogen-bond donors (Lipinski definition) is 4. The highest BCUT2D eigenvalue weighted by Crippen LogP contribution is 2.40. The van der Waals surface area contributed by atoms with E-state index in [1.807, 2.05) is 24.3 Å². The SMILES string of the molecule is CCCCCc1ccc(-c2ccc(-c3cc(O)c(CCO)cc3O)c(F)c2)cc1.CCCCCc1ccc(-c2ccc(-c3cc(OC)c(CCO)cc3OC)c(F)c2)cc1. The van der Waals surface area contributed by atoms with E-state index < -0.39 is 5.82 Å². The summed E-state index contributed by atoms with van der Waals surface area (Å²) in [6.45, 7) is 4.24. The predicted molar refractivity (Wildman–Crippen MR) is 239 cm³/mol. The van der Waals surface area contributed by atoms with E-state index in [1.54, 1.807) is 44.6 Å². The zero-order valence-electron chi connectivity index (χ0n) is 35.2. The molecule has 0 amide bonds. The molecule has 6 aromatic rings. The molecule has 0 spiro atoms. The number of methoxy groups -OCH3 is 2. The molecule has 4 N–H and O–H groups in total. The molecule has 0 aliphatic heterocycles. The van der Waals surface area contributed by atoms with Gasteiger partial charge in [-0.1, -0.05) is 112 Å². The summed E-state index contributed by atoms with van der Waals surface area (Å²) in [6.07, 6.45) is 10.0. The van der Waals surface area contributed by atoms with E-state index in [1.165, 1.54) is 67.9 Å². The van der Waals surface area contributed by atoms with Crippen LogP contribution >= 0.6 is 0 Å². The number of benzene rings is 6. The maximum absolute atomic E-state index is 15.2. The first-order valence-corrected chi connectivity index (χ1v) is 20.9. The van der Waals surface area contributed by atoms with Gasteiger partial charge in [-0.15, -0.1) is 0 Å². The van der Waals surface area contributed by atoms with Gasteiger partial charge in [0, 0.05) is 41.0 Å². The zero-order valence-corrected chi connectivity index (χ0v) is 35.2. The Hall–Kier alpha value is -5.70. The van der Waals surface area contributed by atoms with Gasteiger partial charge in [0.2, 0.25) is 0 Å². The van der Waals surface area contributed by atoms with E-state index in [-0.39, 0.29) is 48.1 Å². The third-order valence-electron chi connectivity index (χ3n) is 10.8. The topological polar surface area (TPSA) is 99.4 Å². The molecule has 8 heteroatoms. The molecule has 0 saturated heterocycles. The summed E-state index contributed by atoms with van der Waals surface area (Å²) < 4.78 is 41.0. The average molecular weight is 817 g/mol. The first-order valence-electron chi connectivity index (χ1n) is 20.9. The first kappa shape index (κ1) is 45.4. The predicted octanol–water partition coefficient (Wildman–Crippen LogP) is 12.3. The number of hydrogen-bond acceptors (Lipinski definition) is 6. The smallest absolute Gasteiger partial charge is 0.131 e. The Labute approximate surface area is 353 Å². The molecule has 0 aromatic heterocycles. The van der Waals surface area contributed by atoms with Gasteiger partial charge < -0.3 is 29.9 Å². The molecule has 0 heterocycles. The molecule has 0 atom stereocenters. The number of aliphatic hydroxyl groups excluding tert-OH is 2. The van der Waals surface area contributed by atoms with Gasteiger partial charge in [-0.25, -0.2) is 8.78 Å². The summed E-state index contributed by atoms with van der Waals surface area (Å²) in [5, 5.41) is 38.7. The number of aryl methyl sites for hydroxylation is 2. The monoisotopic (exact) mass is 816 g/mol. The Bertz CT molecular complexity index is 2290. The van der Waals surface area contributed by atoms with Crippen LogP contribution < -0.4 is 9.47 Å². The quantitative estimate of drug-likeness (QED) is 0.0509. The number of rotatable bonds is 18. The van der Waals surface area contributed by atoms with Crippen molar-refractivity contribution >= 4 is 0 Å². The van der Waals surface area contributed by atoms with Crippen molar-refractivity contribution in [2.75, 3.05) is 27.4 Å². The third kappa shape index (κ3) is 11.7. The van der Waals surface area contributed by atoms with Crippen LogP contribution in [0.25, 0.3) is 44.5 Å². The Balaban J connectivity index is 0.000000228. The average Bonchev–Trinajstić information content (AvgIpc) is 3.26. The molecular weight excluding hydrogens is 759 g/mol. The molecule has 0 unspecified atom stereocenters. The van der Waals surface area contributed by atoms with Gasteiger partial charge in [0.15, 0.2) is 0 Å². The molecule has 0 saturated carbocycles.